The molecule has 0 unspecified atom stereocenters. The molecule has 0 amide bonds. The number of para-hydroxylation sites is 2. The van der Waals surface area contributed by atoms with Crippen LogP contribution < -0.4 is 8.85 Å². The van der Waals surface area contributed by atoms with E-state index in [1.807, 2.05) is 36.4 Å². The zero-order chi connectivity index (χ0) is 19.2. The minimum atomic E-state index is -2.38. The van der Waals surface area contributed by atoms with Crippen LogP contribution in [0.25, 0.3) is 0 Å². The molecule has 0 fully saturated rings. The lowest BCUT2D eigenvalue weighted by Crippen LogP contribution is -2.48. The zero-order valence-electron chi connectivity index (χ0n) is 17.2. The van der Waals surface area contributed by atoms with Gasteiger partial charge in [0.05, 0.1) is 0 Å². The van der Waals surface area contributed by atoms with Crippen LogP contribution in [0.1, 0.15) is 65.2 Å². The Morgan fingerprint density at radius 3 is 1.33 bits per heavy atom. The van der Waals surface area contributed by atoms with Crippen LogP contribution in [0.3, 0.4) is 0 Å². The Hall–Kier alpha value is -1.74. The number of unbranched alkanes of at least 4 members (excludes halogenated alkanes) is 6. The Kier molecular flexibility index (Phi) is 10.1. The summed E-state index contributed by atoms with van der Waals surface area (Å²) in [5.41, 5.74) is 0. The zero-order valence-corrected chi connectivity index (χ0v) is 18.2. The minimum absolute atomic E-state index is 0.950. The van der Waals surface area contributed by atoms with Crippen molar-refractivity contribution < 1.29 is 8.85 Å². The van der Waals surface area contributed by atoms with Gasteiger partial charge in [0.25, 0.3) is 0 Å². The molecule has 148 valence electrons. The fourth-order valence-corrected chi connectivity index (χ4v) is 6.81. The van der Waals surface area contributed by atoms with Gasteiger partial charge in [-0.05, 0) is 37.1 Å². The van der Waals surface area contributed by atoms with Crippen LogP contribution in [0.2, 0.25) is 12.1 Å². The predicted octanol–water partition coefficient (Wildman–Crippen LogP) is 7.75. The number of benzene rings is 2. The molecular formula is C24H36O2Si. The van der Waals surface area contributed by atoms with Gasteiger partial charge in [0, 0.05) is 12.1 Å². The minimum Gasteiger partial charge on any atom is -0.512 e. The number of rotatable bonds is 14. The molecule has 0 N–H and O–H groups in total. The summed E-state index contributed by atoms with van der Waals surface area (Å²) in [5, 5.41) is 0. The van der Waals surface area contributed by atoms with Gasteiger partial charge in [-0.2, -0.15) is 0 Å². The third-order valence-electron chi connectivity index (χ3n) is 4.92. The highest BCUT2D eigenvalue weighted by atomic mass is 28.4. The summed E-state index contributed by atoms with van der Waals surface area (Å²) in [6, 6.07) is 22.6. The molecule has 0 aliphatic rings. The Balaban J connectivity index is 2.17. The van der Waals surface area contributed by atoms with Crippen molar-refractivity contribution in [2.75, 3.05) is 0 Å². The standard InChI is InChI=1S/C24H36O2Si/c1-3-5-7-15-21-27(22-16-8-6-4-2,25-23-17-11-9-12-18-23)26-24-19-13-10-14-20-24/h9-14,17-20H,3-8,15-16,21-22H2,1-2H3. The highest BCUT2D eigenvalue weighted by molar-refractivity contribution is 6.68. The lowest BCUT2D eigenvalue weighted by Gasteiger charge is -2.32. The van der Waals surface area contributed by atoms with Crippen LogP contribution in [0.4, 0.5) is 0 Å². The van der Waals surface area contributed by atoms with Gasteiger partial charge in [0.2, 0.25) is 0 Å². The van der Waals surface area contributed by atoms with Gasteiger partial charge in [-0.25, -0.2) is 0 Å². The summed E-state index contributed by atoms with van der Waals surface area (Å²) in [5.74, 6) is 1.90. The second-order valence-corrected chi connectivity index (χ2v) is 10.6. The van der Waals surface area contributed by atoms with Gasteiger partial charge < -0.3 is 8.85 Å². The van der Waals surface area contributed by atoms with E-state index >= 15 is 0 Å². The van der Waals surface area contributed by atoms with Gasteiger partial charge in [0.1, 0.15) is 11.5 Å². The Labute approximate surface area is 167 Å². The molecular weight excluding hydrogens is 348 g/mol. The van der Waals surface area contributed by atoms with E-state index in [-0.39, 0.29) is 0 Å². The quantitative estimate of drug-likeness (QED) is 0.245. The summed E-state index contributed by atoms with van der Waals surface area (Å²) in [4.78, 5) is 0. The van der Waals surface area contributed by atoms with Crippen LogP contribution in [0.5, 0.6) is 11.5 Å². The summed E-state index contributed by atoms with van der Waals surface area (Å²) < 4.78 is 13.4. The van der Waals surface area contributed by atoms with E-state index in [1.54, 1.807) is 0 Å². The van der Waals surface area contributed by atoms with Crippen molar-refractivity contribution in [2.45, 2.75) is 77.3 Å². The van der Waals surface area contributed by atoms with E-state index in [0.29, 0.717) is 0 Å². The summed E-state index contributed by atoms with van der Waals surface area (Å²) in [6.07, 6.45) is 9.98. The molecule has 27 heavy (non-hydrogen) atoms. The van der Waals surface area contributed by atoms with Crippen molar-refractivity contribution in [1.29, 1.82) is 0 Å². The Morgan fingerprint density at radius 2 is 0.963 bits per heavy atom. The fraction of sp³-hybridized carbons (Fsp3) is 0.500. The van der Waals surface area contributed by atoms with E-state index in [9.17, 15) is 0 Å². The molecule has 0 atom stereocenters. The summed E-state index contributed by atoms with van der Waals surface area (Å²) in [7, 11) is -2.38. The molecule has 0 spiro atoms. The monoisotopic (exact) mass is 384 g/mol. The van der Waals surface area contributed by atoms with E-state index in [1.165, 1.54) is 51.4 Å². The SMILES string of the molecule is CCCCCC[Si](CCCCCC)(Oc1ccccc1)Oc1ccccc1. The van der Waals surface area contributed by atoms with Crippen LogP contribution >= 0.6 is 0 Å². The van der Waals surface area contributed by atoms with Crippen molar-refractivity contribution >= 4 is 8.56 Å². The number of hydrogen-bond donors (Lipinski definition) is 0. The first kappa shape index (κ1) is 21.6. The molecule has 0 aromatic heterocycles. The van der Waals surface area contributed by atoms with E-state index in [4.69, 9.17) is 8.85 Å². The van der Waals surface area contributed by atoms with E-state index < -0.39 is 8.56 Å². The van der Waals surface area contributed by atoms with Crippen molar-refractivity contribution in [3.05, 3.63) is 60.7 Å². The predicted molar refractivity (Wildman–Crippen MR) is 118 cm³/mol. The highest BCUT2D eigenvalue weighted by Gasteiger charge is 2.41. The largest absolute Gasteiger partial charge is 0.512 e. The molecule has 0 heterocycles. The normalized spacial score (nSPS) is 11.3. The van der Waals surface area contributed by atoms with Gasteiger partial charge >= 0.3 is 8.56 Å². The fourth-order valence-electron chi connectivity index (χ4n) is 3.40. The molecule has 2 aromatic carbocycles. The van der Waals surface area contributed by atoms with Crippen LogP contribution in [-0.2, 0) is 0 Å². The topological polar surface area (TPSA) is 18.5 Å². The molecule has 3 heteroatoms. The van der Waals surface area contributed by atoms with Crippen LogP contribution in [0, 0.1) is 0 Å². The van der Waals surface area contributed by atoms with Crippen LogP contribution in [-0.4, -0.2) is 8.56 Å². The molecule has 0 saturated carbocycles. The molecule has 2 rings (SSSR count). The highest BCUT2D eigenvalue weighted by Crippen LogP contribution is 2.30. The van der Waals surface area contributed by atoms with Gasteiger partial charge in [-0.15, -0.1) is 0 Å². The van der Waals surface area contributed by atoms with Crippen molar-refractivity contribution in [1.82, 2.24) is 0 Å². The average molecular weight is 385 g/mol. The molecule has 0 saturated heterocycles. The third-order valence-corrected chi connectivity index (χ3v) is 8.36. The van der Waals surface area contributed by atoms with Gasteiger partial charge in [-0.1, -0.05) is 88.8 Å². The lowest BCUT2D eigenvalue weighted by atomic mass is 10.2. The third kappa shape index (κ3) is 8.21. The van der Waals surface area contributed by atoms with Crippen molar-refractivity contribution in [2.24, 2.45) is 0 Å². The maximum absolute atomic E-state index is 6.68. The maximum Gasteiger partial charge on any atom is 0.460 e. The molecule has 2 nitrogen and oxygen atoms in total. The van der Waals surface area contributed by atoms with Crippen LogP contribution in [0.15, 0.2) is 60.7 Å². The maximum atomic E-state index is 6.68. The van der Waals surface area contributed by atoms with Crippen molar-refractivity contribution in [3.8, 4) is 11.5 Å². The van der Waals surface area contributed by atoms with E-state index in [0.717, 1.165) is 23.6 Å². The van der Waals surface area contributed by atoms with E-state index in [2.05, 4.69) is 38.1 Å². The molecule has 0 bridgehead atoms. The Bertz CT molecular complexity index is 545. The second kappa shape index (κ2) is 12.6. The molecule has 0 aliphatic heterocycles. The Morgan fingerprint density at radius 1 is 0.556 bits per heavy atom. The molecule has 0 radical (unpaired) electrons. The first-order valence-electron chi connectivity index (χ1n) is 10.8. The smallest absolute Gasteiger partial charge is 0.460 e. The average Bonchev–Trinajstić information content (AvgIpc) is 2.70. The summed E-state index contributed by atoms with van der Waals surface area (Å²) >= 11 is 0. The molecule has 2 aromatic rings. The first-order valence-corrected chi connectivity index (χ1v) is 13.0. The second-order valence-electron chi connectivity index (χ2n) is 7.36. The first-order chi connectivity index (χ1) is 13.3. The lowest BCUT2D eigenvalue weighted by molar-refractivity contribution is 0.369. The molecule has 0 aliphatic carbocycles. The summed E-state index contributed by atoms with van der Waals surface area (Å²) in [6.45, 7) is 4.52. The number of hydrogen-bond acceptors (Lipinski definition) is 2. The van der Waals surface area contributed by atoms with Gasteiger partial charge in [0.15, 0.2) is 0 Å². The van der Waals surface area contributed by atoms with Crippen molar-refractivity contribution in [3.63, 3.8) is 0 Å². The van der Waals surface area contributed by atoms with Gasteiger partial charge in [-0.3, -0.25) is 0 Å².